The molecule has 3 heteroatoms. The summed E-state index contributed by atoms with van der Waals surface area (Å²) in [6, 6.07) is 50.8. The molecule has 8 rings (SSSR count). The predicted octanol–water partition coefficient (Wildman–Crippen LogP) is 10.00. The first-order valence-corrected chi connectivity index (χ1v) is 14.1. The Morgan fingerprint density at radius 1 is 0.381 bits per heavy atom. The third-order valence-electron chi connectivity index (χ3n) is 7.92. The summed E-state index contributed by atoms with van der Waals surface area (Å²) >= 11 is 0. The van der Waals surface area contributed by atoms with Crippen molar-refractivity contribution in [2.24, 2.45) is 0 Å². The van der Waals surface area contributed by atoms with Crippen LogP contribution in [0, 0.1) is 0 Å². The van der Waals surface area contributed by atoms with Crippen molar-refractivity contribution >= 4 is 32.7 Å². The Morgan fingerprint density at radius 3 is 1.57 bits per heavy atom. The highest BCUT2D eigenvalue weighted by molar-refractivity contribution is 6.12. The molecular formula is C39H25N3. The number of hydrogen-bond donors (Lipinski definition) is 0. The highest BCUT2D eigenvalue weighted by atomic mass is 14.8. The number of pyridine rings is 1. The SMILES string of the molecule is c1ccc(-c2nc3ccccc3nc2-c2ccc(-c3ccc(-c4cc5cccnc5c5ccccc45)cc3)cc2)cc1. The Morgan fingerprint density at radius 2 is 0.905 bits per heavy atom. The van der Waals surface area contributed by atoms with E-state index in [1.807, 2.05) is 54.7 Å². The second kappa shape index (κ2) is 10.1. The first-order valence-electron chi connectivity index (χ1n) is 14.1. The number of nitrogens with zero attached hydrogens (tertiary/aromatic N) is 3. The minimum absolute atomic E-state index is 0.888. The maximum Gasteiger partial charge on any atom is 0.0973 e. The molecule has 0 spiro atoms. The van der Waals surface area contributed by atoms with E-state index in [-0.39, 0.29) is 0 Å². The summed E-state index contributed by atoms with van der Waals surface area (Å²) in [5.41, 5.74) is 11.5. The van der Waals surface area contributed by atoms with E-state index in [2.05, 4.69) is 102 Å². The zero-order valence-electron chi connectivity index (χ0n) is 22.8. The van der Waals surface area contributed by atoms with Gasteiger partial charge in [0.2, 0.25) is 0 Å². The van der Waals surface area contributed by atoms with Crippen molar-refractivity contribution in [1.82, 2.24) is 15.0 Å². The average Bonchev–Trinajstić information content (AvgIpc) is 3.08. The van der Waals surface area contributed by atoms with Gasteiger partial charge in [-0.05, 0) is 51.9 Å². The third kappa shape index (κ3) is 4.20. The molecule has 0 unspecified atom stereocenters. The van der Waals surface area contributed by atoms with Gasteiger partial charge >= 0.3 is 0 Å². The number of aromatic nitrogens is 3. The van der Waals surface area contributed by atoms with Gasteiger partial charge in [-0.25, -0.2) is 9.97 Å². The lowest BCUT2D eigenvalue weighted by atomic mass is 9.94. The number of hydrogen-bond acceptors (Lipinski definition) is 3. The molecule has 0 aliphatic rings. The molecular weight excluding hydrogens is 510 g/mol. The van der Waals surface area contributed by atoms with Crippen LogP contribution >= 0.6 is 0 Å². The van der Waals surface area contributed by atoms with Crippen molar-refractivity contribution in [1.29, 1.82) is 0 Å². The summed E-state index contributed by atoms with van der Waals surface area (Å²) < 4.78 is 0. The van der Waals surface area contributed by atoms with E-state index in [0.29, 0.717) is 0 Å². The molecule has 196 valence electrons. The number of fused-ring (bicyclic) bond motifs is 4. The van der Waals surface area contributed by atoms with Crippen molar-refractivity contribution < 1.29 is 0 Å². The van der Waals surface area contributed by atoms with Gasteiger partial charge in [0.25, 0.3) is 0 Å². The van der Waals surface area contributed by atoms with Gasteiger partial charge in [0.15, 0.2) is 0 Å². The van der Waals surface area contributed by atoms with Crippen molar-refractivity contribution in [2.45, 2.75) is 0 Å². The van der Waals surface area contributed by atoms with Crippen LogP contribution in [0.2, 0.25) is 0 Å². The van der Waals surface area contributed by atoms with E-state index < -0.39 is 0 Å². The third-order valence-corrected chi connectivity index (χ3v) is 7.92. The van der Waals surface area contributed by atoms with Crippen LogP contribution in [-0.2, 0) is 0 Å². The second-order valence-electron chi connectivity index (χ2n) is 10.5. The van der Waals surface area contributed by atoms with Gasteiger partial charge in [-0.1, -0.05) is 121 Å². The Bertz CT molecular complexity index is 2220. The lowest BCUT2D eigenvalue weighted by Crippen LogP contribution is -1.95. The minimum atomic E-state index is 0.888. The molecule has 0 aliphatic carbocycles. The van der Waals surface area contributed by atoms with Gasteiger partial charge in [-0.3, -0.25) is 4.98 Å². The van der Waals surface area contributed by atoms with E-state index in [1.165, 1.54) is 27.5 Å². The first kappa shape index (κ1) is 24.2. The first-order chi connectivity index (χ1) is 20.8. The largest absolute Gasteiger partial charge is 0.256 e. The van der Waals surface area contributed by atoms with Crippen molar-refractivity contribution in [3.8, 4) is 44.8 Å². The van der Waals surface area contributed by atoms with Crippen molar-refractivity contribution in [3.05, 3.63) is 152 Å². The lowest BCUT2D eigenvalue weighted by Gasteiger charge is -2.12. The molecule has 2 heterocycles. The topological polar surface area (TPSA) is 38.7 Å². The van der Waals surface area contributed by atoms with Crippen LogP contribution in [0.25, 0.3) is 77.5 Å². The molecule has 0 aliphatic heterocycles. The van der Waals surface area contributed by atoms with Gasteiger partial charge < -0.3 is 0 Å². The second-order valence-corrected chi connectivity index (χ2v) is 10.5. The molecule has 8 aromatic rings. The molecule has 0 saturated carbocycles. The fourth-order valence-electron chi connectivity index (χ4n) is 5.82. The van der Waals surface area contributed by atoms with E-state index in [0.717, 1.165) is 50.0 Å². The van der Waals surface area contributed by atoms with Gasteiger partial charge in [-0.15, -0.1) is 0 Å². The average molecular weight is 536 g/mol. The maximum atomic E-state index is 5.05. The summed E-state index contributed by atoms with van der Waals surface area (Å²) in [7, 11) is 0. The Kier molecular flexibility index (Phi) is 5.79. The minimum Gasteiger partial charge on any atom is -0.256 e. The quantitative estimate of drug-likeness (QED) is 0.211. The molecule has 6 aromatic carbocycles. The van der Waals surface area contributed by atoms with E-state index in [1.54, 1.807) is 0 Å². The molecule has 3 nitrogen and oxygen atoms in total. The van der Waals surface area contributed by atoms with Gasteiger partial charge in [-0.2, -0.15) is 0 Å². The Balaban J connectivity index is 1.17. The standard InChI is InChI=1S/C39H25N3/c1-2-9-29(10-3-1)38-39(42-36-15-7-6-14-35(36)41-38)30-22-18-27(19-23-30)26-16-20-28(21-17-26)34-25-31-11-8-24-40-37(31)33-13-5-4-12-32(33)34/h1-25H. The highest BCUT2D eigenvalue weighted by Gasteiger charge is 2.14. The molecule has 0 fully saturated rings. The molecule has 0 radical (unpaired) electrons. The van der Waals surface area contributed by atoms with Crippen LogP contribution < -0.4 is 0 Å². The number of benzene rings is 6. The van der Waals surface area contributed by atoms with E-state index in [4.69, 9.17) is 9.97 Å². The van der Waals surface area contributed by atoms with Crippen LogP contribution in [0.5, 0.6) is 0 Å². The summed E-state index contributed by atoms with van der Waals surface area (Å²) in [5, 5.41) is 3.54. The molecule has 0 bridgehead atoms. The van der Waals surface area contributed by atoms with Crippen LogP contribution in [0.4, 0.5) is 0 Å². The number of para-hydroxylation sites is 2. The Labute approximate surface area is 243 Å². The zero-order valence-corrected chi connectivity index (χ0v) is 22.8. The van der Waals surface area contributed by atoms with Crippen molar-refractivity contribution in [3.63, 3.8) is 0 Å². The fourth-order valence-corrected chi connectivity index (χ4v) is 5.82. The summed E-state index contributed by atoms with van der Waals surface area (Å²) in [6.45, 7) is 0. The number of rotatable bonds is 4. The molecule has 0 saturated heterocycles. The van der Waals surface area contributed by atoms with E-state index >= 15 is 0 Å². The van der Waals surface area contributed by atoms with Crippen LogP contribution in [0.15, 0.2) is 152 Å². The molecule has 0 atom stereocenters. The molecule has 2 aromatic heterocycles. The van der Waals surface area contributed by atoms with Gasteiger partial charge in [0.1, 0.15) is 0 Å². The summed E-state index contributed by atoms with van der Waals surface area (Å²) in [6.07, 6.45) is 1.86. The van der Waals surface area contributed by atoms with Crippen LogP contribution in [0.1, 0.15) is 0 Å². The Hall–Kier alpha value is -5.67. The molecule has 0 amide bonds. The van der Waals surface area contributed by atoms with Crippen LogP contribution in [0.3, 0.4) is 0 Å². The fraction of sp³-hybridized carbons (Fsp3) is 0. The monoisotopic (exact) mass is 535 g/mol. The zero-order chi connectivity index (χ0) is 27.9. The van der Waals surface area contributed by atoms with Gasteiger partial charge in [0.05, 0.1) is 27.9 Å². The predicted molar refractivity (Wildman–Crippen MR) is 174 cm³/mol. The smallest absolute Gasteiger partial charge is 0.0973 e. The summed E-state index contributed by atoms with van der Waals surface area (Å²) in [5.74, 6) is 0. The van der Waals surface area contributed by atoms with Crippen LogP contribution in [-0.4, -0.2) is 15.0 Å². The summed E-state index contributed by atoms with van der Waals surface area (Å²) in [4.78, 5) is 14.7. The lowest BCUT2D eigenvalue weighted by molar-refractivity contribution is 1.29. The van der Waals surface area contributed by atoms with Gasteiger partial charge in [0, 0.05) is 28.1 Å². The van der Waals surface area contributed by atoms with E-state index in [9.17, 15) is 0 Å². The highest BCUT2D eigenvalue weighted by Crippen LogP contribution is 2.36. The maximum absolute atomic E-state index is 5.05. The molecule has 42 heavy (non-hydrogen) atoms. The van der Waals surface area contributed by atoms with Crippen molar-refractivity contribution in [2.75, 3.05) is 0 Å². The normalized spacial score (nSPS) is 11.3. The molecule has 0 N–H and O–H groups in total.